The lowest BCUT2D eigenvalue weighted by atomic mass is 9.96. The Hall–Kier alpha value is -1.85. The minimum absolute atomic E-state index is 0.107. The second-order valence-corrected chi connectivity index (χ2v) is 5.08. The average Bonchev–Trinajstić information content (AvgIpc) is 3.08. The number of nitrogens with zero attached hydrogens (tertiary/aromatic N) is 2. The normalized spacial score (nSPS) is 16.8. The van der Waals surface area contributed by atoms with Crippen molar-refractivity contribution in [1.29, 1.82) is 0 Å². The number of aromatic amines is 1. The molecule has 0 saturated heterocycles. The van der Waals surface area contributed by atoms with E-state index in [0.29, 0.717) is 11.4 Å². The Balaban J connectivity index is 2.08. The zero-order valence-electron chi connectivity index (χ0n) is 10.7. The second kappa shape index (κ2) is 4.92. The number of benzene rings is 1. The molecule has 0 atom stereocenters. The number of halogens is 3. The van der Waals surface area contributed by atoms with Gasteiger partial charge in [-0.2, -0.15) is 28.6 Å². The molecule has 3 rings (SSSR count). The SMILES string of the molecule is FC(F)(F)c1ccccc1-c1n[nH]nc1C1CCCC1. The largest absolute Gasteiger partial charge is 0.417 e. The number of alkyl halides is 3. The summed E-state index contributed by atoms with van der Waals surface area (Å²) in [6.45, 7) is 0. The summed E-state index contributed by atoms with van der Waals surface area (Å²) in [5.74, 6) is 0.213. The number of aromatic nitrogens is 3. The van der Waals surface area contributed by atoms with E-state index in [2.05, 4.69) is 15.4 Å². The first-order valence-corrected chi connectivity index (χ1v) is 6.64. The third-order valence-corrected chi connectivity index (χ3v) is 3.80. The number of H-pyrrole nitrogens is 1. The van der Waals surface area contributed by atoms with Crippen LogP contribution in [0.1, 0.15) is 42.9 Å². The first-order chi connectivity index (χ1) is 9.57. The summed E-state index contributed by atoms with van der Waals surface area (Å²) in [4.78, 5) is 0. The van der Waals surface area contributed by atoms with Crippen molar-refractivity contribution in [2.75, 3.05) is 0 Å². The number of nitrogens with one attached hydrogen (secondary N) is 1. The molecule has 6 heteroatoms. The van der Waals surface area contributed by atoms with Gasteiger partial charge in [0, 0.05) is 11.5 Å². The van der Waals surface area contributed by atoms with Crippen LogP contribution in [-0.4, -0.2) is 15.4 Å². The lowest BCUT2D eigenvalue weighted by molar-refractivity contribution is -0.137. The Kier molecular flexibility index (Phi) is 3.23. The maximum absolute atomic E-state index is 13.1. The zero-order chi connectivity index (χ0) is 14.2. The fraction of sp³-hybridized carbons (Fsp3) is 0.429. The predicted molar refractivity (Wildman–Crippen MR) is 68.0 cm³/mol. The molecule has 3 nitrogen and oxygen atoms in total. The van der Waals surface area contributed by atoms with Gasteiger partial charge >= 0.3 is 6.18 Å². The van der Waals surface area contributed by atoms with Gasteiger partial charge in [0.05, 0.1) is 11.3 Å². The summed E-state index contributed by atoms with van der Waals surface area (Å²) in [5, 5.41) is 10.5. The second-order valence-electron chi connectivity index (χ2n) is 5.08. The minimum atomic E-state index is -4.39. The van der Waals surface area contributed by atoms with Gasteiger partial charge in [-0.25, -0.2) is 0 Å². The lowest BCUT2D eigenvalue weighted by Crippen LogP contribution is -2.08. The van der Waals surface area contributed by atoms with Gasteiger partial charge in [-0.3, -0.25) is 0 Å². The molecule has 1 aromatic carbocycles. The smallest absolute Gasteiger partial charge is 0.197 e. The van der Waals surface area contributed by atoms with E-state index >= 15 is 0 Å². The van der Waals surface area contributed by atoms with E-state index in [0.717, 1.165) is 31.7 Å². The average molecular weight is 281 g/mol. The van der Waals surface area contributed by atoms with E-state index < -0.39 is 11.7 Å². The summed E-state index contributed by atoms with van der Waals surface area (Å²) in [7, 11) is 0. The molecule has 0 amide bonds. The van der Waals surface area contributed by atoms with Crippen LogP contribution in [0.5, 0.6) is 0 Å². The zero-order valence-corrected chi connectivity index (χ0v) is 10.7. The number of rotatable bonds is 2. The van der Waals surface area contributed by atoms with Crippen molar-refractivity contribution < 1.29 is 13.2 Å². The van der Waals surface area contributed by atoms with E-state index in [1.807, 2.05) is 0 Å². The lowest BCUT2D eigenvalue weighted by Gasteiger charge is -2.13. The van der Waals surface area contributed by atoms with Crippen LogP contribution >= 0.6 is 0 Å². The Morgan fingerprint density at radius 2 is 1.75 bits per heavy atom. The van der Waals surface area contributed by atoms with Crippen LogP contribution in [0.4, 0.5) is 13.2 Å². The highest BCUT2D eigenvalue weighted by atomic mass is 19.4. The summed E-state index contributed by atoms with van der Waals surface area (Å²) in [5.41, 5.74) is 0.452. The van der Waals surface area contributed by atoms with Gasteiger partial charge in [0.2, 0.25) is 0 Å². The molecule has 1 fully saturated rings. The van der Waals surface area contributed by atoms with Gasteiger partial charge < -0.3 is 0 Å². The van der Waals surface area contributed by atoms with Crippen LogP contribution < -0.4 is 0 Å². The van der Waals surface area contributed by atoms with Gasteiger partial charge in [0.15, 0.2) is 0 Å². The Labute approximate surface area is 114 Å². The molecule has 1 saturated carbocycles. The van der Waals surface area contributed by atoms with Crippen LogP contribution in [0.25, 0.3) is 11.3 Å². The van der Waals surface area contributed by atoms with Gasteiger partial charge in [-0.1, -0.05) is 31.0 Å². The van der Waals surface area contributed by atoms with E-state index in [1.54, 1.807) is 6.07 Å². The highest BCUT2D eigenvalue weighted by molar-refractivity contribution is 5.66. The third kappa shape index (κ3) is 2.30. The number of hydrogen-bond acceptors (Lipinski definition) is 2. The maximum atomic E-state index is 13.1. The van der Waals surface area contributed by atoms with Crippen molar-refractivity contribution in [2.24, 2.45) is 0 Å². The Morgan fingerprint density at radius 3 is 2.45 bits per heavy atom. The number of hydrogen-bond donors (Lipinski definition) is 1. The first-order valence-electron chi connectivity index (χ1n) is 6.64. The van der Waals surface area contributed by atoms with Crippen LogP contribution in [-0.2, 0) is 6.18 Å². The van der Waals surface area contributed by atoms with Crippen LogP contribution in [0, 0.1) is 0 Å². The van der Waals surface area contributed by atoms with Crippen LogP contribution in [0.15, 0.2) is 24.3 Å². The monoisotopic (exact) mass is 281 g/mol. The van der Waals surface area contributed by atoms with Crippen LogP contribution in [0.2, 0.25) is 0 Å². The summed E-state index contributed by atoms with van der Waals surface area (Å²) in [6.07, 6.45) is -0.264. The molecule has 1 aliphatic carbocycles. The molecule has 20 heavy (non-hydrogen) atoms. The molecule has 1 heterocycles. The van der Waals surface area contributed by atoms with Crippen molar-refractivity contribution >= 4 is 0 Å². The third-order valence-electron chi connectivity index (χ3n) is 3.80. The van der Waals surface area contributed by atoms with Crippen molar-refractivity contribution in [3.05, 3.63) is 35.5 Å². The summed E-state index contributed by atoms with van der Waals surface area (Å²) < 4.78 is 39.3. The maximum Gasteiger partial charge on any atom is 0.417 e. The highest BCUT2D eigenvalue weighted by Gasteiger charge is 2.35. The summed E-state index contributed by atoms with van der Waals surface area (Å²) in [6, 6.07) is 5.53. The molecule has 0 spiro atoms. The standard InChI is InChI=1S/C14H14F3N3/c15-14(16,17)11-8-4-3-7-10(11)13-12(18-20-19-13)9-5-1-2-6-9/h3-4,7-9H,1-2,5-6H2,(H,18,19,20). The molecule has 1 aliphatic rings. The first kappa shape index (κ1) is 13.1. The van der Waals surface area contributed by atoms with Crippen LogP contribution in [0.3, 0.4) is 0 Å². The molecule has 0 unspecified atom stereocenters. The van der Waals surface area contributed by atoms with E-state index in [9.17, 15) is 13.2 Å². The molecule has 0 radical (unpaired) electrons. The molecular formula is C14H14F3N3. The molecule has 1 aromatic heterocycles. The molecule has 106 valence electrons. The summed E-state index contributed by atoms with van der Waals surface area (Å²) >= 11 is 0. The molecule has 0 bridgehead atoms. The van der Waals surface area contributed by atoms with E-state index in [-0.39, 0.29) is 11.5 Å². The van der Waals surface area contributed by atoms with Crippen molar-refractivity contribution in [2.45, 2.75) is 37.8 Å². The molecule has 2 aromatic rings. The van der Waals surface area contributed by atoms with Gasteiger partial charge in [0.1, 0.15) is 5.69 Å². The fourth-order valence-electron chi connectivity index (χ4n) is 2.86. The van der Waals surface area contributed by atoms with Gasteiger partial charge in [0.25, 0.3) is 0 Å². The predicted octanol–water partition coefficient (Wildman–Crippen LogP) is 4.15. The minimum Gasteiger partial charge on any atom is -0.197 e. The topological polar surface area (TPSA) is 41.6 Å². The van der Waals surface area contributed by atoms with E-state index in [4.69, 9.17) is 0 Å². The highest BCUT2D eigenvalue weighted by Crippen LogP contribution is 2.41. The van der Waals surface area contributed by atoms with Crippen molar-refractivity contribution in [3.63, 3.8) is 0 Å². The Bertz CT molecular complexity index is 598. The molecular weight excluding hydrogens is 267 g/mol. The molecule has 1 N–H and O–H groups in total. The van der Waals surface area contributed by atoms with Crippen molar-refractivity contribution in [1.82, 2.24) is 15.4 Å². The Morgan fingerprint density at radius 1 is 1.05 bits per heavy atom. The van der Waals surface area contributed by atoms with Gasteiger partial charge in [-0.05, 0) is 18.9 Å². The van der Waals surface area contributed by atoms with Gasteiger partial charge in [-0.15, -0.1) is 0 Å². The quantitative estimate of drug-likeness (QED) is 0.898. The van der Waals surface area contributed by atoms with Crippen molar-refractivity contribution in [3.8, 4) is 11.3 Å². The van der Waals surface area contributed by atoms with E-state index in [1.165, 1.54) is 12.1 Å². The molecule has 0 aliphatic heterocycles. The fourth-order valence-corrected chi connectivity index (χ4v) is 2.86.